The first-order valence-electron chi connectivity index (χ1n) is 7.95. The number of hydrogen-bond donors (Lipinski definition) is 2. The predicted molar refractivity (Wildman–Crippen MR) is 105 cm³/mol. The van der Waals surface area contributed by atoms with Crippen molar-refractivity contribution in [3.05, 3.63) is 58.6 Å². The number of aliphatic hydroxyl groups excluding tert-OH is 1. The minimum atomic E-state index is -0.209. The highest BCUT2D eigenvalue weighted by Crippen LogP contribution is 2.35. The maximum Gasteiger partial charge on any atom is 0.250 e. The minimum absolute atomic E-state index is 0.0655. The molecule has 6 nitrogen and oxygen atoms in total. The third-order valence-corrected chi connectivity index (χ3v) is 4.88. The lowest BCUT2D eigenvalue weighted by atomic mass is 10.1. The van der Waals surface area contributed by atoms with E-state index in [9.17, 15) is 9.59 Å². The summed E-state index contributed by atoms with van der Waals surface area (Å²) < 4.78 is 6.35. The van der Waals surface area contributed by atoms with Gasteiger partial charge in [-0.1, -0.05) is 18.7 Å². The van der Waals surface area contributed by atoms with Crippen LogP contribution in [0.25, 0.3) is 21.4 Å². The van der Waals surface area contributed by atoms with E-state index in [2.05, 4.69) is 11.9 Å². The summed E-state index contributed by atoms with van der Waals surface area (Å²) in [7, 11) is 1.67. The number of nitrogens with one attached hydrogen (secondary N) is 1. The number of thiophene rings is 1. The summed E-state index contributed by atoms with van der Waals surface area (Å²) in [5, 5.41) is 13.7. The lowest BCUT2D eigenvalue weighted by Gasteiger charge is -2.16. The van der Waals surface area contributed by atoms with Gasteiger partial charge in [0.15, 0.2) is 11.5 Å². The highest BCUT2D eigenvalue weighted by molar-refractivity contribution is 7.17. The van der Waals surface area contributed by atoms with Gasteiger partial charge in [0.2, 0.25) is 11.3 Å². The molecule has 2 heterocycles. The number of likely N-dealkylation sites (N-methyl/N-ethyl adjacent to an activating group) is 1. The lowest BCUT2D eigenvalue weighted by molar-refractivity contribution is -0.113. The van der Waals surface area contributed by atoms with Gasteiger partial charge in [-0.2, -0.15) is 0 Å². The van der Waals surface area contributed by atoms with Crippen molar-refractivity contribution in [2.45, 2.75) is 0 Å². The molecule has 3 aromatic rings. The number of benzene rings is 1. The van der Waals surface area contributed by atoms with Gasteiger partial charge < -0.3 is 19.7 Å². The molecule has 26 heavy (non-hydrogen) atoms. The van der Waals surface area contributed by atoms with E-state index in [1.807, 2.05) is 29.6 Å². The Morgan fingerprint density at radius 3 is 2.96 bits per heavy atom. The number of fused-ring (bicyclic) bond motifs is 1. The normalized spacial score (nSPS) is 10.7. The van der Waals surface area contributed by atoms with E-state index in [1.54, 1.807) is 7.05 Å². The van der Waals surface area contributed by atoms with Crippen LogP contribution in [0.2, 0.25) is 0 Å². The van der Waals surface area contributed by atoms with Crippen molar-refractivity contribution in [3.8, 4) is 11.1 Å². The van der Waals surface area contributed by atoms with Crippen molar-refractivity contribution < 1.29 is 14.3 Å². The third-order valence-electron chi connectivity index (χ3n) is 3.90. The van der Waals surface area contributed by atoms with Crippen molar-refractivity contribution in [1.82, 2.24) is 0 Å². The van der Waals surface area contributed by atoms with Gasteiger partial charge in [0.05, 0.1) is 6.61 Å². The summed E-state index contributed by atoms with van der Waals surface area (Å²) in [4.78, 5) is 25.6. The molecule has 0 fully saturated rings. The summed E-state index contributed by atoms with van der Waals surface area (Å²) in [5.74, 6) is 0.102. The molecule has 0 spiro atoms. The second kappa shape index (κ2) is 7.55. The Labute approximate surface area is 154 Å². The molecule has 0 aliphatic heterocycles. The van der Waals surface area contributed by atoms with E-state index in [-0.39, 0.29) is 24.5 Å². The maximum absolute atomic E-state index is 12.3. The monoisotopic (exact) mass is 370 g/mol. The molecule has 0 atom stereocenters. The molecule has 7 heteroatoms. The van der Waals surface area contributed by atoms with Crippen molar-refractivity contribution in [3.63, 3.8) is 0 Å². The first-order chi connectivity index (χ1) is 12.5. The second-order valence-corrected chi connectivity index (χ2v) is 6.46. The van der Waals surface area contributed by atoms with Crippen LogP contribution >= 0.6 is 11.3 Å². The molecule has 0 radical (unpaired) electrons. The van der Waals surface area contributed by atoms with E-state index in [0.29, 0.717) is 21.9 Å². The van der Waals surface area contributed by atoms with Crippen LogP contribution in [0.15, 0.2) is 57.6 Å². The average Bonchev–Trinajstić information content (AvgIpc) is 3.09. The Balaban J connectivity index is 2.08. The van der Waals surface area contributed by atoms with E-state index < -0.39 is 0 Å². The number of hydrogen-bond acceptors (Lipinski definition) is 6. The summed E-state index contributed by atoms with van der Waals surface area (Å²) in [6.45, 7) is 3.72. The van der Waals surface area contributed by atoms with Gasteiger partial charge in [0.25, 0.3) is 0 Å². The van der Waals surface area contributed by atoms with Crippen molar-refractivity contribution >= 4 is 39.1 Å². The molecule has 2 aromatic heterocycles. The van der Waals surface area contributed by atoms with Gasteiger partial charge in [0.1, 0.15) is 4.70 Å². The Hall–Kier alpha value is -2.90. The fraction of sp³-hybridized carbons (Fsp3) is 0.158. The van der Waals surface area contributed by atoms with Crippen LogP contribution in [0.5, 0.6) is 0 Å². The van der Waals surface area contributed by atoms with E-state index in [1.165, 1.54) is 28.4 Å². The van der Waals surface area contributed by atoms with Crippen molar-refractivity contribution in [1.29, 1.82) is 0 Å². The SMILES string of the molecule is C=CC(=O)N(C)c1cccc(-c2csc3c(=O)cc(NCCO)oc23)c1. The molecule has 3 rings (SSSR count). The standard InChI is InChI=1S/C19H18N2O4S/c1-3-17(24)21(2)13-6-4-5-12(9-13)14-11-26-19-15(23)10-16(20-7-8-22)25-18(14)19/h3-6,9-11,20,22H,1,7-8H2,2H3. The highest BCUT2D eigenvalue weighted by Gasteiger charge is 2.15. The van der Waals surface area contributed by atoms with Crippen molar-refractivity contribution in [2.75, 3.05) is 30.4 Å². The molecule has 0 bridgehead atoms. The van der Waals surface area contributed by atoms with Crippen LogP contribution in [0, 0.1) is 0 Å². The number of carbonyl (C=O) groups excluding carboxylic acids is 1. The number of carbonyl (C=O) groups is 1. The fourth-order valence-corrected chi connectivity index (χ4v) is 3.47. The Bertz CT molecular complexity index is 1020. The van der Waals surface area contributed by atoms with E-state index in [0.717, 1.165) is 11.1 Å². The van der Waals surface area contributed by atoms with Gasteiger partial charge in [-0.25, -0.2) is 0 Å². The molecule has 1 amide bonds. The average molecular weight is 370 g/mol. The van der Waals surface area contributed by atoms with E-state index in [4.69, 9.17) is 9.52 Å². The number of nitrogens with zero attached hydrogens (tertiary/aromatic N) is 1. The van der Waals surface area contributed by atoms with Gasteiger partial charge in [-0.15, -0.1) is 11.3 Å². The van der Waals surface area contributed by atoms with Crippen LogP contribution in [-0.2, 0) is 4.79 Å². The molecule has 0 aliphatic carbocycles. The lowest BCUT2D eigenvalue weighted by Crippen LogP contribution is -2.23. The number of rotatable bonds is 6. The molecular weight excluding hydrogens is 352 g/mol. The quantitative estimate of drug-likeness (QED) is 0.652. The number of aliphatic hydroxyl groups is 1. The zero-order valence-corrected chi connectivity index (χ0v) is 15.0. The van der Waals surface area contributed by atoms with Crippen LogP contribution in [0.3, 0.4) is 0 Å². The van der Waals surface area contributed by atoms with Crippen LogP contribution in [-0.4, -0.2) is 31.2 Å². The molecule has 0 unspecified atom stereocenters. The second-order valence-electron chi connectivity index (χ2n) is 5.58. The van der Waals surface area contributed by atoms with E-state index >= 15 is 0 Å². The molecule has 2 N–H and O–H groups in total. The summed E-state index contributed by atoms with van der Waals surface area (Å²) in [6.07, 6.45) is 1.25. The Kier molecular flexibility index (Phi) is 5.20. The third kappa shape index (κ3) is 3.40. The fourth-order valence-electron chi connectivity index (χ4n) is 2.55. The van der Waals surface area contributed by atoms with Gasteiger partial charge >= 0.3 is 0 Å². The highest BCUT2D eigenvalue weighted by atomic mass is 32.1. The van der Waals surface area contributed by atoms with Gasteiger partial charge in [-0.3, -0.25) is 9.59 Å². The largest absolute Gasteiger partial charge is 0.439 e. The Morgan fingerprint density at radius 1 is 1.42 bits per heavy atom. The maximum atomic E-state index is 12.3. The zero-order valence-electron chi connectivity index (χ0n) is 14.2. The summed E-state index contributed by atoms with van der Waals surface area (Å²) in [5.41, 5.74) is 2.66. The molecule has 0 saturated carbocycles. The molecule has 134 valence electrons. The van der Waals surface area contributed by atoms with Crippen LogP contribution in [0.4, 0.5) is 11.6 Å². The summed E-state index contributed by atoms with van der Waals surface area (Å²) >= 11 is 1.31. The molecule has 0 saturated heterocycles. The summed E-state index contributed by atoms with van der Waals surface area (Å²) in [6, 6.07) is 8.80. The van der Waals surface area contributed by atoms with Gasteiger partial charge in [-0.05, 0) is 23.8 Å². The smallest absolute Gasteiger partial charge is 0.250 e. The van der Waals surface area contributed by atoms with Crippen LogP contribution in [0.1, 0.15) is 0 Å². The first-order valence-corrected chi connectivity index (χ1v) is 8.83. The Morgan fingerprint density at radius 2 is 2.23 bits per heavy atom. The molecular formula is C19H18N2O4S. The van der Waals surface area contributed by atoms with Crippen LogP contribution < -0.4 is 15.6 Å². The molecule has 0 aliphatic rings. The number of anilines is 2. The topological polar surface area (TPSA) is 82.8 Å². The molecule has 1 aromatic carbocycles. The zero-order chi connectivity index (χ0) is 18.7. The van der Waals surface area contributed by atoms with Gasteiger partial charge in [0, 0.05) is 36.3 Å². The predicted octanol–water partition coefficient (Wildman–Crippen LogP) is 3.07. The first kappa shape index (κ1) is 17.9. The van der Waals surface area contributed by atoms with Crippen molar-refractivity contribution in [2.24, 2.45) is 0 Å². The minimum Gasteiger partial charge on any atom is -0.439 e. The number of amides is 1.